The first kappa shape index (κ1) is 18.3. The Balaban J connectivity index is 1.69. The van der Waals surface area contributed by atoms with Gasteiger partial charge >= 0.3 is 0 Å². The Bertz CT molecular complexity index is 785. The van der Waals surface area contributed by atoms with E-state index in [9.17, 15) is 9.90 Å². The first-order valence-corrected chi connectivity index (χ1v) is 8.85. The van der Waals surface area contributed by atoms with E-state index in [1.807, 2.05) is 13.0 Å². The summed E-state index contributed by atoms with van der Waals surface area (Å²) in [6, 6.07) is 10.4. The van der Waals surface area contributed by atoms with Gasteiger partial charge in [-0.15, -0.1) is 0 Å². The number of phenols is 1. The van der Waals surface area contributed by atoms with Crippen molar-refractivity contribution >= 4 is 5.78 Å². The van der Waals surface area contributed by atoms with E-state index in [2.05, 4.69) is 11.4 Å². The molecule has 2 atom stereocenters. The number of ether oxygens (including phenoxy) is 2. The van der Waals surface area contributed by atoms with Gasteiger partial charge in [0.15, 0.2) is 17.3 Å². The molecular formula is C21H25NO4. The lowest BCUT2D eigenvalue weighted by molar-refractivity contribution is 0.0942. The lowest BCUT2D eigenvalue weighted by Crippen LogP contribution is -2.44. The van der Waals surface area contributed by atoms with Crippen LogP contribution in [0, 0.1) is 0 Å². The number of carbonyl (C=O) groups is 1. The van der Waals surface area contributed by atoms with Crippen molar-refractivity contribution in [3.8, 4) is 17.2 Å². The predicted molar refractivity (Wildman–Crippen MR) is 100 cm³/mol. The fraction of sp³-hybridized carbons (Fsp3) is 0.381. The quantitative estimate of drug-likeness (QED) is 0.779. The van der Waals surface area contributed by atoms with Crippen LogP contribution < -0.4 is 14.8 Å². The average Bonchev–Trinajstić information content (AvgIpc) is 2.66. The van der Waals surface area contributed by atoms with Crippen LogP contribution in [0.4, 0.5) is 0 Å². The van der Waals surface area contributed by atoms with Crippen LogP contribution in [0.25, 0.3) is 0 Å². The number of rotatable bonds is 6. The Morgan fingerprint density at radius 2 is 1.88 bits per heavy atom. The van der Waals surface area contributed by atoms with Gasteiger partial charge in [0.1, 0.15) is 5.75 Å². The molecule has 0 radical (unpaired) electrons. The second-order valence-corrected chi connectivity index (χ2v) is 6.68. The summed E-state index contributed by atoms with van der Waals surface area (Å²) in [4.78, 5) is 12.6. The number of methoxy groups -OCH3 is 2. The Morgan fingerprint density at radius 3 is 2.54 bits per heavy atom. The van der Waals surface area contributed by atoms with Gasteiger partial charge < -0.3 is 19.9 Å². The highest BCUT2D eigenvalue weighted by Gasteiger charge is 2.26. The smallest absolute Gasteiger partial charge is 0.179 e. The number of phenolic OH excluding ortho intramolecular Hbond substituents is 1. The number of Topliss-reactive ketones (excluding diaryl/α,β-unsaturated/α-hetero) is 1. The molecule has 0 saturated heterocycles. The maximum absolute atomic E-state index is 12.6. The Kier molecular flexibility index (Phi) is 5.47. The fourth-order valence-corrected chi connectivity index (χ4v) is 3.63. The molecular weight excluding hydrogens is 330 g/mol. The third-order valence-corrected chi connectivity index (χ3v) is 4.99. The van der Waals surface area contributed by atoms with Gasteiger partial charge in [0.2, 0.25) is 0 Å². The maximum Gasteiger partial charge on any atom is 0.179 e. The Hall–Kier alpha value is -2.53. The maximum atomic E-state index is 12.6. The van der Waals surface area contributed by atoms with Gasteiger partial charge in [-0.2, -0.15) is 0 Å². The molecule has 138 valence electrons. The summed E-state index contributed by atoms with van der Waals surface area (Å²) in [5.74, 6) is 1.77. The van der Waals surface area contributed by atoms with E-state index in [-0.39, 0.29) is 23.6 Å². The highest BCUT2D eigenvalue weighted by molar-refractivity contribution is 5.99. The fourth-order valence-electron chi connectivity index (χ4n) is 3.63. The van der Waals surface area contributed by atoms with E-state index < -0.39 is 0 Å². The summed E-state index contributed by atoms with van der Waals surface area (Å²) in [5.41, 5.74) is 3.03. The van der Waals surface area contributed by atoms with Crippen molar-refractivity contribution in [3.05, 3.63) is 53.1 Å². The minimum absolute atomic E-state index is 0.0307. The number of aromatic hydroxyl groups is 1. The largest absolute Gasteiger partial charge is 0.508 e. The summed E-state index contributed by atoms with van der Waals surface area (Å²) < 4.78 is 10.9. The van der Waals surface area contributed by atoms with E-state index in [0.29, 0.717) is 5.56 Å². The van der Waals surface area contributed by atoms with Crippen molar-refractivity contribution in [2.45, 2.75) is 38.3 Å². The van der Waals surface area contributed by atoms with Crippen LogP contribution in [0.3, 0.4) is 0 Å². The topological polar surface area (TPSA) is 67.8 Å². The van der Waals surface area contributed by atoms with Crippen molar-refractivity contribution in [2.75, 3.05) is 14.2 Å². The molecule has 2 aromatic carbocycles. The standard InChI is InChI=1S/C21H25NO4/c1-13(20(24)14-4-8-17(23)9-5-14)22-16-7-10-18-15(12-16)6-11-19(25-2)21(18)26-3/h4-6,8-9,11,13,16,22-23H,7,10,12H2,1-3H3. The summed E-state index contributed by atoms with van der Waals surface area (Å²) >= 11 is 0. The first-order valence-electron chi connectivity index (χ1n) is 8.85. The van der Waals surface area contributed by atoms with Gasteiger partial charge in [-0.25, -0.2) is 0 Å². The predicted octanol–water partition coefficient (Wildman–Crippen LogP) is 3.13. The van der Waals surface area contributed by atoms with Gasteiger partial charge in [0, 0.05) is 17.2 Å². The Labute approximate surface area is 153 Å². The summed E-state index contributed by atoms with van der Waals surface area (Å²) in [7, 11) is 3.31. The molecule has 1 aliphatic carbocycles. The van der Waals surface area contributed by atoms with E-state index in [0.717, 1.165) is 30.8 Å². The minimum Gasteiger partial charge on any atom is -0.508 e. The number of fused-ring (bicyclic) bond motifs is 1. The number of hydrogen-bond donors (Lipinski definition) is 2. The van der Waals surface area contributed by atoms with E-state index in [4.69, 9.17) is 9.47 Å². The molecule has 0 fully saturated rings. The molecule has 0 bridgehead atoms. The van der Waals surface area contributed by atoms with E-state index in [1.165, 1.54) is 23.3 Å². The molecule has 5 heteroatoms. The number of hydrogen-bond acceptors (Lipinski definition) is 5. The van der Waals surface area contributed by atoms with Crippen LogP contribution in [-0.2, 0) is 12.8 Å². The van der Waals surface area contributed by atoms with Crippen molar-refractivity contribution in [2.24, 2.45) is 0 Å². The Morgan fingerprint density at radius 1 is 1.15 bits per heavy atom. The molecule has 0 saturated carbocycles. The molecule has 2 aromatic rings. The zero-order valence-electron chi connectivity index (χ0n) is 15.4. The number of ketones is 1. The lowest BCUT2D eigenvalue weighted by Gasteiger charge is -2.29. The van der Waals surface area contributed by atoms with E-state index >= 15 is 0 Å². The molecule has 5 nitrogen and oxygen atoms in total. The van der Waals surface area contributed by atoms with Gasteiger partial charge in [0.05, 0.1) is 20.3 Å². The molecule has 2 unspecified atom stereocenters. The average molecular weight is 355 g/mol. The van der Waals surface area contributed by atoms with Gasteiger partial charge in [-0.1, -0.05) is 6.07 Å². The molecule has 0 aliphatic heterocycles. The summed E-state index contributed by atoms with van der Waals surface area (Å²) in [6.45, 7) is 1.89. The zero-order valence-corrected chi connectivity index (χ0v) is 15.4. The molecule has 0 heterocycles. The first-order chi connectivity index (χ1) is 12.5. The molecule has 26 heavy (non-hydrogen) atoms. The minimum atomic E-state index is -0.286. The highest BCUT2D eigenvalue weighted by atomic mass is 16.5. The van der Waals surface area contributed by atoms with Crippen LogP contribution in [-0.4, -0.2) is 37.2 Å². The van der Waals surface area contributed by atoms with Crippen LogP contribution in [0.2, 0.25) is 0 Å². The van der Waals surface area contributed by atoms with E-state index in [1.54, 1.807) is 26.4 Å². The van der Waals surface area contributed by atoms with Gasteiger partial charge in [0.25, 0.3) is 0 Å². The van der Waals surface area contributed by atoms with Crippen molar-refractivity contribution in [3.63, 3.8) is 0 Å². The second kappa shape index (κ2) is 7.79. The highest BCUT2D eigenvalue weighted by Crippen LogP contribution is 2.37. The summed E-state index contributed by atoms with van der Waals surface area (Å²) in [5, 5.41) is 12.8. The van der Waals surface area contributed by atoms with Crippen LogP contribution >= 0.6 is 0 Å². The van der Waals surface area contributed by atoms with Gasteiger partial charge in [-0.05, 0) is 62.1 Å². The summed E-state index contributed by atoms with van der Waals surface area (Å²) in [6.07, 6.45) is 2.67. The van der Waals surface area contributed by atoms with Crippen molar-refractivity contribution in [1.29, 1.82) is 0 Å². The number of benzene rings is 2. The number of carbonyl (C=O) groups excluding carboxylic acids is 1. The molecule has 0 amide bonds. The zero-order chi connectivity index (χ0) is 18.7. The van der Waals surface area contributed by atoms with Gasteiger partial charge in [-0.3, -0.25) is 4.79 Å². The molecule has 3 rings (SSSR count). The monoisotopic (exact) mass is 355 g/mol. The second-order valence-electron chi connectivity index (χ2n) is 6.68. The lowest BCUT2D eigenvalue weighted by atomic mass is 9.86. The van der Waals surface area contributed by atoms with Crippen LogP contribution in [0.1, 0.15) is 34.8 Å². The normalized spacial score (nSPS) is 17.3. The SMILES string of the molecule is COc1ccc2c(c1OC)CCC(NC(C)C(=O)c1ccc(O)cc1)C2. The van der Waals surface area contributed by atoms with Crippen molar-refractivity contribution in [1.82, 2.24) is 5.32 Å². The third kappa shape index (κ3) is 3.68. The molecule has 2 N–H and O–H groups in total. The van der Waals surface area contributed by atoms with Crippen LogP contribution in [0.15, 0.2) is 36.4 Å². The molecule has 0 spiro atoms. The van der Waals surface area contributed by atoms with Crippen LogP contribution in [0.5, 0.6) is 17.2 Å². The molecule has 1 aliphatic rings. The molecule has 0 aromatic heterocycles. The number of nitrogens with one attached hydrogen (secondary N) is 1. The van der Waals surface area contributed by atoms with Crippen molar-refractivity contribution < 1.29 is 19.4 Å². The third-order valence-electron chi connectivity index (χ3n) is 4.99.